The Kier molecular flexibility index (Phi) is 64.0. The fraction of sp³-hybridized carbons (Fsp3) is 0.654. The average molecular weight is 1810 g/mol. The van der Waals surface area contributed by atoms with Gasteiger partial charge in [0.1, 0.15) is 32.5 Å². The number of nitrogens with two attached hydrogens (primary N) is 3. The van der Waals surface area contributed by atoms with Crippen LogP contribution in [0.15, 0.2) is 70.8 Å². The molecule has 39 nitrogen and oxygen atoms in total. The number of carbonyl (C=O) groups is 14. The van der Waals surface area contributed by atoms with Gasteiger partial charge in [0.05, 0.1) is 135 Å². The lowest BCUT2D eigenvalue weighted by Crippen LogP contribution is -2.53. The third kappa shape index (κ3) is 56.9. The molecule has 7 atom stereocenters. The minimum atomic E-state index is -1.51. The Bertz CT molecular complexity index is 3520. The first-order valence-corrected chi connectivity index (χ1v) is 44.5. The summed E-state index contributed by atoms with van der Waals surface area (Å²) in [4.78, 5) is 196. The molecular formula is C81H128FN13O26S3. The molecule has 0 radical (unpaired) electrons. The molecule has 698 valence electrons. The van der Waals surface area contributed by atoms with Gasteiger partial charge in [-0.3, -0.25) is 76.8 Å². The number of aliphatic imine (C=N–C) groups is 1. The van der Waals surface area contributed by atoms with Gasteiger partial charge in [0.2, 0.25) is 47.3 Å². The number of benzene rings is 2. The number of aliphatic carboxylic acids is 1. The van der Waals surface area contributed by atoms with Gasteiger partial charge in [-0.15, -0.1) is 11.8 Å². The van der Waals surface area contributed by atoms with Crippen LogP contribution in [0.25, 0.3) is 0 Å². The van der Waals surface area contributed by atoms with Crippen LogP contribution in [0.5, 0.6) is 0 Å². The summed E-state index contributed by atoms with van der Waals surface area (Å²) in [6.45, 7) is 3.13. The molecule has 2 fully saturated rings. The van der Waals surface area contributed by atoms with Crippen molar-refractivity contribution in [3.05, 3.63) is 71.8 Å². The van der Waals surface area contributed by atoms with E-state index in [-0.39, 0.29) is 183 Å². The molecule has 9 amide bonds. The third-order valence-electron chi connectivity index (χ3n) is 17.9. The molecule has 0 aliphatic carbocycles. The number of hydrogen-bond acceptors (Lipinski definition) is 30. The quantitative estimate of drug-likeness (QED) is 0.0138. The van der Waals surface area contributed by atoms with Crippen LogP contribution in [0.2, 0.25) is 0 Å². The summed E-state index contributed by atoms with van der Waals surface area (Å²) in [6, 6.07) is 13.6. The summed E-state index contributed by atoms with van der Waals surface area (Å²) in [5.41, 5.74) is 17.7. The average Bonchev–Trinajstić information content (AvgIpc) is 1.31. The van der Waals surface area contributed by atoms with Crippen LogP contribution in [0, 0.1) is 17.8 Å². The molecule has 2 aliphatic heterocycles. The molecule has 124 heavy (non-hydrogen) atoms. The van der Waals surface area contributed by atoms with Crippen LogP contribution in [-0.4, -0.2) is 318 Å². The predicted octanol–water partition coefficient (Wildman–Crippen LogP) is 0.210. The summed E-state index contributed by atoms with van der Waals surface area (Å²) in [6.07, 6.45) is 2.04. The minimum absolute atomic E-state index is 0. The number of nitrogens with zero attached hydrogens (tertiary/aromatic N) is 2. The van der Waals surface area contributed by atoms with Crippen LogP contribution >= 0.6 is 33.3 Å². The predicted molar refractivity (Wildman–Crippen MR) is 462 cm³/mol. The maximum absolute atomic E-state index is 14.9. The largest absolute Gasteiger partial charge is 0.481 e. The van der Waals surface area contributed by atoms with E-state index in [9.17, 15) is 72.2 Å². The number of oxime groups is 1. The molecule has 2 aromatic rings. The molecule has 0 aromatic heterocycles. The summed E-state index contributed by atoms with van der Waals surface area (Å²) in [5, 5.41) is 35.7. The number of hydrogen-bond donors (Lipinski definition) is 12. The lowest BCUT2D eigenvalue weighted by atomic mass is 9.90. The first kappa shape index (κ1) is 111. The topological polar surface area (TPSA) is 560 Å². The van der Waals surface area contributed by atoms with Crippen molar-refractivity contribution >= 4 is 128 Å². The number of Topliss-reactive ketones (excluding diaryl/α,β-unsaturated/α-hetero) is 4. The number of unbranched alkanes of at least 4 members (excludes halogenated alkanes) is 2. The maximum atomic E-state index is 14.9. The fourth-order valence-electron chi connectivity index (χ4n) is 11.7. The van der Waals surface area contributed by atoms with E-state index in [0.29, 0.717) is 97.3 Å². The summed E-state index contributed by atoms with van der Waals surface area (Å²) in [7, 11) is 2.05. The Morgan fingerprint density at radius 1 is 0.492 bits per heavy atom. The van der Waals surface area contributed by atoms with Crippen molar-refractivity contribution in [3.63, 3.8) is 0 Å². The van der Waals surface area contributed by atoms with Gasteiger partial charge in [0.15, 0.2) is 35.7 Å². The number of fused-ring (bicyclic) bond motifs is 5. The molecule has 0 saturated carbocycles. The lowest BCUT2D eigenvalue weighted by molar-refractivity contribution is -0.142. The molecule has 2 saturated heterocycles. The van der Waals surface area contributed by atoms with Gasteiger partial charge in [-0.05, 0) is 75.3 Å². The number of halogens is 1. The van der Waals surface area contributed by atoms with Crippen LogP contribution in [0.3, 0.4) is 0 Å². The summed E-state index contributed by atoms with van der Waals surface area (Å²) >= 11 is 1.16. The number of carboxylic acids is 1. The van der Waals surface area contributed by atoms with Crippen LogP contribution in [0.4, 0.5) is 4.70 Å². The second kappa shape index (κ2) is 71.3. The number of primary amides is 1. The zero-order valence-electron chi connectivity index (χ0n) is 69.6. The van der Waals surface area contributed by atoms with Gasteiger partial charge < -0.3 is 117 Å². The highest BCUT2D eigenvalue weighted by atomic mass is 33.1. The Balaban J connectivity index is 0.0000260. The second-order valence-corrected chi connectivity index (χ2v) is 31.7. The number of ketones is 4. The number of guanidine groups is 1. The van der Waals surface area contributed by atoms with Gasteiger partial charge in [0.25, 0.3) is 5.91 Å². The summed E-state index contributed by atoms with van der Waals surface area (Å²) < 4.78 is 54.8. The zero-order valence-corrected chi connectivity index (χ0v) is 72.1. The number of nitrogens with one attached hydrogen (secondary N) is 8. The molecule has 0 spiro atoms. The van der Waals surface area contributed by atoms with Crippen LogP contribution in [0.1, 0.15) is 108 Å². The number of thioether (sulfide) groups is 1. The van der Waals surface area contributed by atoms with E-state index in [2.05, 4.69) is 52.7 Å². The minimum Gasteiger partial charge on any atom is -0.481 e. The van der Waals surface area contributed by atoms with Crippen LogP contribution in [-0.2, 0) is 126 Å². The van der Waals surface area contributed by atoms with Crippen molar-refractivity contribution in [2.45, 2.75) is 128 Å². The van der Waals surface area contributed by atoms with E-state index in [1.807, 2.05) is 30.3 Å². The van der Waals surface area contributed by atoms with E-state index < -0.39 is 158 Å². The number of rotatable bonds is 58. The fourth-order valence-corrected chi connectivity index (χ4v) is 15.0. The monoisotopic (exact) mass is 1810 g/mol. The van der Waals surface area contributed by atoms with Crippen molar-refractivity contribution in [3.8, 4) is 0 Å². The molecule has 43 heteroatoms. The standard InChI is InChI=1S/C80H123N13O26S3.CH4.FH/c81-70(98)49-117-48-63(94)19-12-26-110-30-34-113-33-29-109-25-10-8-18-62-53-120-56-74(102)91-65(20-7-9-21-84-71(99)50-118-51-72(100)85-23-27-111-31-35-114-37-39-116-40-38-115-36-32-112-28-24-86-73(101)52-119-89-46-58-15-5-2-6-16-58)79(108)93-67-55-122-121-54-66(69(97)44-60(77(106)90-62)41-57-13-3-1-4-14-57)92-78(107)61(45-75(103)104)42-64(95)47-88-76(105)59(43-68(67)96)17-11-22-87-80(82)83;;/h1-6,13-16,46,59-62,65-67H,7-12,17-45,47-56H2,(H2,81,98)(H,84,99)(H,85,100)(H,86,101)(H,88,105)(H,90,106)(H,91,102)(H,92,107)(H,93,108)(H,103,104)(H4,82,83,87);1H4;1H/b89-46+;;/t59-,60-,61+,62-,65+,66+,67+;;/m1../s1/i;;1-1. The normalized spacial score (nSPS) is 18.6. The highest BCUT2D eigenvalue weighted by molar-refractivity contribution is 8.76. The molecule has 2 heterocycles. The van der Waals surface area contributed by atoms with Gasteiger partial charge in [0, 0.05) is 100 Å². The highest BCUT2D eigenvalue weighted by Gasteiger charge is 2.36. The number of carboxylic acid groups (broad SMARTS) is 1. The molecule has 15 N–H and O–H groups in total. The zero-order chi connectivity index (χ0) is 88.4. The van der Waals surface area contributed by atoms with Crippen molar-refractivity contribution in [1.82, 2.24) is 42.5 Å². The maximum Gasteiger partial charge on any atom is 0.304 e. The highest BCUT2D eigenvalue weighted by Crippen LogP contribution is 2.28. The van der Waals surface area contributed by atoms with E-state index in [4.69, 9.17) is 69.4 Å². The van der Waals surface area contributed by atoms with E-state index in [1.165, 1.54) is 6.21 Å². The molecule has 2 aromatic carbocycles. The number of amides is 9. The molecule has 2 bridgehead atoms. The first-order chi connectivity index (χ1) is 59.0. The first-order valence-electron chi connectivity index (χ1n) is 40.8. The van der Waals surface area contributed by atoms with Crippen molar-refractivity contribution in [2.24, 2.45) is 45.1 Å². The van der Waals surface area contributed by atoms with E-state index >= 15 is 0 Å². The van der Waals surface area contributed by atoms with Crippen molar-refractivity contribution in [1.29, 1.82) is 0 Å². The third-order valence-corrected chi connectivity index (χ3v) is 21.4. The molecular weight excluding hydrogens is 1690 g/mol. The second-order valence-electron chi connectivity index (χ2n) is 28.1. The van der Waals surface area contributed by atoms with Crippen molar-refractivity contribution < 1.29 is 129 Å². The van der Waals surface area contributed by atoms with Gasteiger partial charge in [-0.1, -0.05) is 94.8 Å². The van der Waals surface area contributed by atoms with Crippen LogP contribution < -0.4 is 59.7 Å². The Morgan fingerprint density at radius 2 is 1.00 bits per heavy atom. The Hall–Kier alpha value is -8.86. The van der Waals surface area contributed by atoms with Gasteiger partial charge >= 0.3 is 5.97 Å². The van der Waals surface area contributed by atoms with Crippen molar-refractivity contribution in [2.75, 3.05) is 194 Å². The molecule has 2 aliphatic rings. The SMILES string of the molecule is C.NC(=O)COCC(=O)CCCOCCOCCOCCCC[C@@H]1CSCC(=O)N[C@@H](CCCCNC(=O)COCC(=O)NCCOCCOCCOCCOCCOCCNC(=O)CO/N=C/c2ccccc2)C(=O)N[C@H]2CSSC[C@H](NC(=O)[C@H](CC(=O)O)CC(=O)CNC(=O)[C@H](CCCN=C(N)N)CC2=O)C(=O)C[C@@H](Cc2ccccc2)C(=O)N1.[18FH]. The van der Waals surface area contributed by atoms with E-state index in [0.717, 1.165) is 38.9 Å². The Morgan fingerprint density at radius 3 is 1.57 bits per heavy atom. The molecule has 0 unspecified atom stereocenters. The molecule has 4 rings (SSSR count). The number of carbonyl (C=O) groups excluding carboxylic acids is 13. The van der Waals surface area contributed by atoms with Gasteiger partial charge in [-0.25, -0.2) is 0 Å². The Labute approximate surface area is 735 Å². The summed E-state index contributed by atoms with van der Waals surface area (Å²) in [5.74, 6) is -13.5. The lowest BCUT2D eigenvalue weighted by Gasteiger charge is -2.26. The smallest absolute Gasteiger partial charge is 0.304 e. The number of ether oxygens (including phenoxy) is 10. The van der Waals surface area contributed by atoms with Gasteiger partial charge in [-0.2, -0.15) is 0 Å². The van der Waals surface area contributed by atoms with E-state index in [1.54, 1.807) is 30.3 Å².